The average Bonchev–Trinajstić information content (AvgIpc) is 2.19. The largest absolute Gasteiger partial charge is 0.478 e. The maximum Gasteiger partial charge on any atom is 0.331 e. The number of fused-ring (bicyclic) bond motifs is 1. The molecule has 0 aliphatic heterocycles. The summed E-state index contributed by atoms with van der Waals surface area (Å²) in [5.74, 6) is -0.793. The Hall–Kier alpha value is -1.09. The first-order chi connectivity index (χ1) is 7.09. The number of aryl methyl sites for hydroxylation is 1. The van der Waals surface area contributed by atoms with Gasteiger partial charge in [0.2, 0.25) is 0 Å². The quantitative estimate of drug-likeness (QED) is 0.848. The number of carboxylic acid groups (broad SMARTS) is 1. The van der Waals surface area contributed by atoms with Crippen molar-refractivity contribution < 1.29 is 9.90 Å². The summed E-state index contributed by atoms with van der Waals surface area (Å²) >= 11 is 3.40. The van der Waals surface area contributed by atoms with E-state index in [2.05, 4.69) is 22.0 Å². The lowest BCUT2D eigenvalue weighted by Gasteiger charge is -2.19. The van der Waals surface area contributed by atoms with E-state index in [1.165, 1.54) is 5.56 Å². The smallest absolute Gasteiger partial charge is 0.331 e. The zero-order valence-corrected chi connectivity index (χ0v) is 9.97. The van der Waals surface area contributed by atoms with Crippen LogP contribution in [-0.2, 0) is 11.2 Å². The topological polar surface area (TPSA) is 37.3 Å². The van der Waals surface area contributed by atoms with Gasteiger partial charge in [0.05, 0.1) is 0 Å². The zero-order chi connectivity index (χ0) is 11.0. The van der Waals surface area contributed by atoms with E-state index in [1.54, 1.807) is 0 Å². The van der Waals surface area contributed by atoms with Crippen molar-refractivity contribution >= 4 is 27.5 Å². The molecule has 3 heteroatoms. The fourth-order valence-corrected chi connectivity index (χ4v) is 2.35. The minimum Gasteiger partial charge on any atom is -0.478 e. The molecule has 1 N–H and O–H groups in total. The lowest BCUT2D eigenvalue weighted by atomic mass is 9.86. The molecule has 15 heavy (non-hydrogen) atoms. The zero-order valence-electron chi connectivity index (χ0n) is 8.38. The molecule has 0 fully saturated rings. The monoisotopic (exact) mass is 266 g/mol. The third-order valence-electron chi connectivity index (χ3n) is 2.83. The molecule has 2 rings (SSSR count). The molecule has 2 nitrogen and oxygen atoms in total. The summed E-state index contributed by atoms with van der Waals surface area (Å²) < 4.78 is 0.993. The van der Waals surface area contributed by atoms with Crippen molar-refractivity contribution in [3.8, 4) is 0 Å². The van der Waals surface area contributed by atoms with Gasteiger partial charge in [-0.25, -0.2) is 4.79 Å². The van der Waals surface area contributed by atoms with Crippen LogP contribution in [0.25, 0.3) is 5.57 Å². The fourth-order valence-electron chi connectivity index (χ4n) is 1.99. The number of hydrogen-bond donors (Lipinski definition) is 1. The van der Waals surface area contributed by atoms with Crippen LogP contribution in [0.3, 0.4) is 0 Å². The summed E-state index contributed by atoms with van der Waals surface area (Å²) in [6.45, 7) is 1.88. The van der Waals surface area contributed by atoms with Crippen LogP contribution in [-0.4, -0.2) is 11.1 Å². The Labute approximate surface area is 96.7 Å². The number of allylic oxidation sites excluding steroid dienone is 1. The normalized spacial score (nSPS) is 15.1. The molecule has 0 amide bonds. The molecule has 0 bridgehead atoms. The summed E-state index contributed by atoms with van der Waals surface area (Å²) in [7, 11) is 0. The molecule has 0 atom stereocenters. The molecule has 0 spiro atoms. The molecule has 1 aliphatic carbocycles. The highest BCUT2D eigenvalue weighted by molar-refractivity contribution is 9.10. The Morgan fingerprint density at radius 3 is 2.80 bits per heavy atom. The summed E-state index contributed by atoms with van der Waals surface area (Å²) in [6.07, 6.45) is 1.46. The number of halogens is 1. The van der Waals surface area contributed by atoms with Crippen LogP contribution in [0, 0.1) is 0 Å². The van der Waals surface area contributed by atoms with Crippen molar-refractivity contribution in [1.82, 2.24) is 0 Å². The molecular formula is C12H11BrO2. The fraction of sp³-hybridized carbons (Fsp3) is 0.250. The third kappa shape index (κ3) is 1.84. The van der Waals surface area contributed by atoms with Gasteiger partial charge in [-0.1, -0.05) is 22.0 Å². The Bertz CT molecular complexity index is 461. The van der Waals surface area contributed by atoms with Gasteiger partial charge in [-0.2, -0.15) is 0 Å². The molecule has 1 aromatic rings. The van der Waals surface area contributed by atoms with E-state index in [-0.39, 0.29) is 0 Å². The van der Waals surface area contributed by atoms with Gasteiger partial charge in [0.15, 0.2) is 0 Å². The summed E-state index contributed by atoms with van der Waals surface area (Å²) in [4.78, 5) is 11.0. The van der Waals surface area contributed by atoms with Crippen LogP contribution in [0.4, 0.5) is 0 Å². The molecule has 0 radical (unpaired) electrons. The van der Waals surface area contributed by atoms with Crippen molar-refractivity contribution in [2.45, 2.75) is 19.8 Å². The van der Waals surface area contributed by atoms with E-state index in [0.717, 1.165) is 22.0 Å². The second-order valence-corrected chi connectivity index (χ2v) is 4.63. The predicted octanol–water partition coefficient (Wildman–Crippen LogP) is 3.25. The summed E-state index contributed by atoms with van der Waals surface area (Å²) in [6, 6.07) is 6.05. The molecule has 0 saturated carbocycles. The standard InChI is InChI=1S/C12H11BrO2/c1-7-10(12(14)15)5-3-8-2-4-9(13)6-11(7)8/h2,4,6H,3,5H2,1H3,(H,14,15). The van der Waals surface area contributed by atoms with Crippen LogP contribution in [0.15, 0.2) is 28.2 Å². The number of aliphatic carboxylic acids is 1. The van der Waals surface area contributed by atoms with Gasteiger partial charge in [-0.3, -0.25) is 0 Å². The highest BCUT2D eigenvalue weighted by Crippen LogP contribution is 2.32. The minimum absolute atomic E-state index is 0.542. The van der Waals surface area contributed by atoms with Gasteiger partial charge >= 0.3 is 5.97 Å². The lowest BCUT2D eigenvalue weighted by Crippen LogP contribution is -2.10. The molecule has 0 saturated heterocycles. The Balaban J connectivity index is 2.59. The Kier molecular flexibility index (Phi) is 2.65. The molecule has 1 aromatic carbocycles. The van der Waals surface area contributed by atoms with Crippen LogP contribution in [0.1, 0.15) is 24.5 Å². The molecule has 1 aliphatic rings. The molecular weight excluding hydrogens is 256 g/mol. The lowest BCUT2D eigenvalue weighted by molar-refractivity contribution is -0.132. The van der Waals surface area contributed by atoms with E-state index >= 15 is 0 Å². The number of carboxylic acids is 1. The Morgan fingerprint density at radius 2 is 2.13 bits per heavy atom. The van der Waals surface area contributed by atoms with E-state index in [9.17, 15) is 4.79 Å². The first-order valence-electron chi connectivity index (χ1n) is 4.81. The second kappa shape index (κ2) is 3.81. The van der Waals surface area contributed by atoms with Gasteiger partial charge in [-0.15, -0.1) is 0 Å². The van der Waals surface area contributed by atoms with Crippen LogP contribution in [0.5, 0.6) is 0 Å². The first kappa shape index (κ1) is 10.4. The van der Waals surface area contributed by atoms with Crippen molar-refractivity contribution in [3.05, 3.63) is 39.4 Å². The minimum atomic E-state index is -0.793. The average molecular weight is 267 g/mol. The van der Waals surface area contributed by atoms with E-state index in [1.807, 2.05) is 19.1 Å². The third-order valence-corrected chi connectivity index (χ3v) is 3.32. The molecule has 0 unspecified atom stereocenters. The maximum atomic E-state index is 11.0. The van der Waals surface area contributed by atoms with Gasteiger partial charge in [0, 0.05) is 10.0 Å². The number of rotatable bonds is 1. The maximum absolute atomic E-state index is 11.0. The SMILES string of the molecule is CC1=C(C(=O)O)CCc2ccc(Br)cc21. The van der Waals surface area contributed by atoms with Crippen LogP contribution in [0.2, 0.25) is 0 Å². The molecule has 78 valence electrons. The Morgan fingerprint density at radius 1 is 1.40 bits per heavy atom. The molecule has 0 heterocycles. The van der Waals surface area contributed by atoms with Crippen molar-refractivity contribution in [3.63, 3.8) is 0 Å². The number of carbonyl (C=O) groups is 1. The van der Waals surface area contributed by atoms with Gasteiger partial charge in [0.25, 0.3) is 0 Å². The summed E-state index contributed by atoms with van der Waals surface area (Å²) in [5, 5.41) is 9.03. The van der Waals surface area contributed by atoms with E-state index < -0.39 is 5.97 Å². The first-order valence-corrected chi connectivity index (χ1v) is 5.60. The highest BCUT2D eigenvalue weighted by atomic mass is 79.9. The van der Waals surface area contributed by atoms with Gasteiger partial charge in [-0.05, 0) is 48.6 Å². The summed E-state index contributed by atoms with van der Waals surface area (Å²) in [5.41, 5.74) is 3.74. The van der Waals surface area contributed by atoms with Crippen molar-refractivity contribution in [2.24, 2.45) is 0 Å². The van der Waals surface area contributed by atoms with Gasteiger partial charge in [0.1, 0.15) is 0 Å². The number of hydrogen-bond acceptors (Lipinski definition) is 1. The van der Waals surface area contributed by atoms with Gasteiger partial charge < -0.3 is 5.11 Å². The van der Waals surface area contributed by atoms with Crippen molar-refractivity contribution in [2.75, 3.05) is 0 Å². The highest BCUT2D eigenvalue weighted by Gasteiger charge is 2.20. The van der Waals surface area contributed by atoms with Crippen LogP contribution >= 0.6 is 15.9 Å². The number of benzene rings is 1. The van der Waals surface area contributed by atoms with Crippen LogP contribution < -0.4 is 0 Å². The van der Waals surface area contributed by atoms with E-state index in [0.29, 0.717) is 12.0 Å². The van der Waals surface area contributed by atoms with E-state index in [4.69, 9.17) is 5.11 Å². The second-order valence-electron chi connectivity index (χ2n) is 3.71. The van der Waals surface area contributed by atoms with Crippen molar-refractivity contribution in [1.29, 1.82) is 0 Å². The molecule has 0 aromatic heterocycles. The predicted molar refractivity (Wildman–Crippen MR) is 62.7 cm³/mol.